The number of ether oxygens (including phenoxy) is 1. The average molecular weight is 400 g/mol. The van der Waals surface area contributed by atoms with E-state index in [0.29, 0.717) is 6.04 Å². The number of rotatable bonds is 5. The van der Waals surface area contributed by atoms with Crippen LogP contribution < -0.4 is 10.6 Å². The Hall–Kier alpha value is -3.08. The van der Waals surface area contributed by atoms with E-state index in [1.54, 1.807) is 0 Å². The number of nitriles is 1. The summed E-state index contributed by atoms with van der Waals surface area (Å²) >= 11 is 0. The molecular weight excluding hydrogens is 372 g/mol. The maximum Gasteiger partial charge on any atom is 0.349 e. The number of nitrogens with zero attached hydrogens (tertiary/aromatic N) is 2. The van der Waals surface area contributed by atoms with E-state index in [1.807, 2.05) is 31.3 Å². The summed E-state index contributed by atoms with van der Waals surface area (Å²) in [6, 6.07) is 3.54. The molecule has 1 aliphatic rings. The van der Waals surface area contributed by atoms with Crippen LogP contribution in [0.5, 0.6) is 0 Å². The normalized spacial score (nSPS) is 15.9. The third kappa shape index (κ3) is 5.47. The van der Waals surface area contributed by atoms with Gasteiger partial charge in [0.2, 0.25) is 0 Å². The van der Waals surface area contributed by atoms with Crippen molar-refractivity contribution in [2.45, 2.75) is 65.0 Å². The van der Waals surface area contributed by atoms with E-state index in [0.717, 1.165) is 29.8 Å². The Bertz CT molecular complexity index is 857. The molecule has 1 atom stereocenters. The molecule has 156 valence electrons. The second-order valence-electron chi connectivity index (χ2n) is 7.27. The van der Waals surface area contributed by atoms with E-state index in [4.69, 9.17) is 4.74 Å². The number of aryl methyl sites for hydroxylation is 1. The molecule has 0 aromatic carbocycles. The first kappa shape index (κ1) is 22.2. The van der Waals surface area contributed by atoms with Gasteiger partial charge in [0.1, 0.15) is 11.6 Å². The van der Waals surface area contributed by atoms with Gasteiger partial charge in [-0.1, -0.05) is 19.3 Å². The monoisotopic (exact) mass is 400 g/mol. The minimum absolute atomic E-state index is 0.200. The Morgan fingerprint density at radius 3 is 2.52 bits per heavy atom. The molecule has 0 bridgehead atoms. The summed E-state index contributed by atoms with van der Waals surface area (Å²) in [7, 11) is 1.36. The molecule has 8 heteroatoms. The van der Waals surface area contributed by atoms with Crippen LogP contribution in [0.1, 0.15) is 62.0 Å². The lowest BCUT2D eigenvalue weighted by Gasteiger charge is -2.26. The lowest BCUT2D eigenvalue weighted by Crippen LogP contribution is -2.43. The zero-order chi connectivity index (χ0) is 21.6. The molecule has 1 heterocycles. The van der Waals surface area contributed by atoms with Crippen LogP contribution in [0.25, 0.3) is 6.08 Å². The van der Waals surface area contributed by atoms with Crippen LogP contribution >= 0.6 is 0 Å². The maximum absolute atomic E-state index is 12.4. The number of amides is 3. The maximum atomic E-state index is 12.4. The van der Waals surface area contributed by atoms with Crippen molar-refractivity contribution in [1.29, 1.82) is 5.26 Å². The van der Waals surface area contributed by atoms with Crippen LogP contribution in [0, 0.1) is 25.2 Å². The molecule has 1 aromatic rings. The number of urea groups is 1. The molecule has 0 aliphatic heterocycles. The number of hydrogen-bond acceptors (Lipinski definition) is 5. The van der Waals surface area contributed by atoms with E-state index >= 15 is 0 Å². The summed E-state index contributed by atoms with van der Waals surface area (Å²) in [4.78, 5) is 35.4. The van der Waals surface area contributed by atoms with E-state index in [2.05, 4.69) is 9.88 Å². The molecule has 0 unspecified atom stereocenters. The highest BCUT2D eigenvalue weighted by Gasteiger charge is 2.23. The number of hydrogen-bond donors (Lipinski definition) is 2. The van der Waals surface area contributed by atoms with Gasteiger partial charge in [0, 0.05) is 24.5 Å². The van der Waals surface area contributed by atoms with Crippen molar-refractivity contribution in [2.75, 3.05) is 7.05 Å². The van der Waals surface area contributed by atoms with Crippen LogP contribution in [0.3, 0.4) is 0 Å². The van der Waals surface area contributed by atoms with Crippen LogP contribution in [-0.4, -0.2) is 35.6 Å². The van der Waals surface area contributed by atoms with Crippen molar-refractivity contribution in [3.05, 3.63) is 28.6 Å². The van der Waals surface area contributed by atoms with Crippen molar-refractivity contribution in [1.82, 2.24) is 15.2 Å². The van der Waals surface area contributed by atoms with Crippen LogP contribution in [0.2, 0.25) is 0 Å². The third-order valence-corrected chi connectivity index (χ3v) is 5.22. The quantitative estimate of drug-likeness (QED) is 0.448. The number of aromatic nitrogens is 1. The zero-order valence-corrected chi connectivity index (χ0v) is 17.4. The van der Waals surface area contributed by atoms with Crippen LogP contribution in [-0.2, 0) is 14.3 Å². The second-order valence-corrected chi connectivity index (χ2v) is 7.27. The van der Waals surface area contributed by atoms with Gasteiger partial charge in [0.15, 0.2) is 6.10 Å². The molecule has 3 amide bonds. The van der Waals surface area contributed by atoms with Gasteiger partial charge in [0.25, 0.3) is 5.91 Å². The Labute approximate surface area is 170 Å². The van der Waals surface area contributed by atoms with E-state index in [1.165, 1.54) is 39.3 Å². The van der Waals surface area contributed by atoms with Gasteiger partial charge in [0.05, 0.1) is 0 Å². The van der Waals surface area contributed by atoms with E-state index in [9.17, 15) is 19.6 Å². The fourth-order valence-electron chi connectivity index (χ4n) is 3.70. The molecule has 8 nitrogen and oxygen atoms in total. The molecule has 1 aromatic heterocycles. The third-order valence-electron chi connectivity index (χ3n) is 5.22. The lowest BCUT2D eigenvalue weighted by atomic mass is 9.95. The predicted molar refractivity (Wildman–Crippen MR) is 108 cm³/mol. The van der Waals surface area contributed by atoms with E-state index < -0.39 is 24.0 Å². The summed E-state index contributed by atoms with van der Waals surface area (Å²) < 4.78 is 7.33. The SMILES string of the molecule is CNC(=O)NC(=O)[C@@H](C)OC(=O)/C(C#N)=C/c1cc(C)n(C2CCCCC2)c1C. The van der Waals surface area contributed by atoms with Crippen molar-refractivity contribution in [3.8, 4) is 6.07 Å². The van der Waals surface area contributed by atoms with Gasteiger partial charge in [-0.3, -0.25) is 10.1 Å². The standard InChI is InChI=1S/C21H28N4O4/c1-13-10-16(14(2)25(13)18-8-6-5-7-9-18)11-17(12-22)20(27)29-15(3)19(26)24-21(28)23-4/h10-11,15,18H,5-9H2,1-4H3,(H2,23,24,26,28)/b17-11+/t15-/m1/s1. The second kappa shape index (κ2) is 9.92. The van der Waals surface area contributed by atoms with Gasteiger partial charge >= 0.3 is 12.0 Å². The van der Waals surface area contributed by atoms with Crippen molar-refractivity contribution < 1.29 is 19.1 Å². The highest BCUT2D eigenvalue weighted by Crippen LogP contribution is 2.32. The summed E-state index contributed by atoms with van der Waals surface area (Å²) in [6.07, 6.45) is 6.21. The van der Waals surface area contributed by atoms with Crippen LogP contribution in [0.15, 0.2) is 11.6 Å². The molecule has 1 saturated carbocycles. The van der Waals surface area contributed by atoms with Gasteiger partial charge in [-0.2, -0.15) is 5.26 Å². The summed E-state index contributed by atoms with van der Waals surface area (Å²) in [5, 5.41) is 13.7. The molecule has 0 spiro atoms. The summed E-state index contributed by atoms with van der Waals surface area (Å²) in [6.45, 7) is 5.34. The molecule has 29 heavy (non-hydrogen) atoms. The fourth-order valence-corrected chi connectivity index (χ4v) is 3.70. The van der Waals surface area contributed by atoms with Gasteiger partial charge in [-0.25, -0.2) is 9.59 Å². The van der Waals surface area contributed by atoms with Crippen molar-refractivity contribution in [3.63, 3.8) is 0 Å². The number of imide groups is 1. The van der Waals surface area contributed by atoms with Crippen molar-refractivity contribution in [2.24, 2.45) is 0 Å². The largest absolute Gasteiger partial charge is 0.448 e. The molecule has 1 fully saturated rings. The highest BCUT2D eigenvalue weighted by atomic mass is 16.5. The summed E-state index contributed by atoms with van der Waals surface area (Å²) in [5.74, 6) is -1.68. The first-order valence-electron chi connectivity index (χ1n) is 9.82. The number of nitrogens with one attached hydrogen (secondary N) is 2. The Morgan fingerprint density at radius 2 is 1.93 bits per heavy atom. The topological polar surface area (TPSA) is 113 Å². The minimum Gasteiger partial charge on any atom is -0.448 e. The number of carbonyl (C=O) groups excluding carboxylic acids is 3. The average Bonchev–Trinajstić information content (AvgIpc) is 2.99. The van der Waals surface area contributed by atoms with Gasteiger partial charge in [-0.05, 0) is 51.3 Å². The van der Waals surface area contributed by atoms with Crippen molar-refractivity contribution >= 4 is 24.0 Å². The lowest BCUT2D eigenvalue weighted by molar-refractivity contribution is -0.150. The minimum atomic E-state index is -1.22. The Kier molecular flexibility index (Phi) is 7.59. The molecular formula is C21H28N4O4. The highest BCUT2D eigenvalue weighted by molar-refractivity contribution is 6.01. The predicted octanol–water partition coefficient (Wildman–Crippen LogP) is 2.90. The molecule has 2 rings (SSSR count). The molecule has 0 saturated heterocycles. The molecule has 2 N–H and O–H groups in total. The Balaban J connectivity index is 2.17. The zero-order valence-electron chi connectivity index (χ0n) is 17.4. The number of esters is 1. The first-order chi connectivity index (χ1) is 13.8. The fraction of sp³-hybridized carbons (Fsp3) is 0.524. The number of carbonyl (C=O) groups is 3. The van der Waals surface area contributed by atoms with E-state index in [-0.39, 0.29) is 5.57 Å². The molecule has 0 radical (unpaired) electrons. The van der Waals surface area contributed by atoms with Gasteiger partial charge in [-0.15, -0.1) is 0 Å². The summed E-state index contributed by atoms with van der Waals surface area (Å²) in [5.41, 5.74) is 2.67. The smallest absolute Gasteiger partial charge is 0.349 e. The van der Waals surface area contributed by atoms with Gasteiger partial charge < -0.3 is 14.6 Å². The molecule has 1 aliphatic carbocycles. The van der Waals surface area contributed by atoms with Crippen LogP contribution in [0.4, 0.5) is 4.79 Å². The Morgan fingerprint density at radius 1 is 1.28 bits per heavy atom. The first-order valence-corrected chi connectivity index (χ1v) is 9.82.